The number of carbonyl (C=O) groups excluding carboxylic acids is 1. The van der Waals surface area contributed by atoms with Crippen LogP contribution in [-0.4, -0.2) is 24.3 Å². The number of nitrogens with one attached hydrogen (secondary N) is 3. The number of amides is 1. The first kappa shape index (κ1) is 22.9. The largest absolute Gasteiger partial charge is 0.338 e. The minimum atomic E-state index is -3.90. The van der Waals surface area contributed by atoms with E-state index in [-0.39, 0.29) is 33.8 Å². The number of sulfonamides is 1. The third kappa shape index (κ3) is 5.88. The van der Waals surface area contributed by atoms with Gasteiger partial charge in [0.15, 0.2) is 11.6 Å². The van der Waals surface area contributed by atoms with E-state index in [4.69, 9.17) is 22.0 Å². The number of carbonyl (C=O) groups is 1. The molecular weight excluding hydrogens is 461 g/mol. The third-order valence-corrected chi connectivity index (χ3v) is 5.13. The molecule has 2 aromatic carbocycles. The van der Waals surface area contributed by atoms with Crippen LogP contribution in [0.1, 0.15) is 6.42 Å². The van der Waals surface area contributed by atoms with Crippen molar-refractivity contribution >= 4 is 56.4 Å². The van der Waals surface area contributed by atoms with Gasteiger partial charge in [0, 0.05) is 11.4 Å². The number of anilines is 5. The first-order chi connectivity index (χ1) is 15.2. The first-order valence-corrected chi connectivity index (χ1v) is 10.7. The number of aromatic nitrogens is 2. The molecule has 0 radical (unpaired) electrons. The standard InChI is InChI=1S/C19H15ClFN7O3S/c20-14-9-12(4-5-16(14)27-17(29)6-7-22)25-18-15(21)10-24-19(28-18)26-11-2-1-3-13(8-11)32(23,30)31/h1-5,8-10H,6H2,(H,27,29)(H2,23,30,31)(H2,24,25,26,28). The van der Waals surface area contributed by atoms with Crippen LogP contribution in [-0.2, 0) is 14.8 Å². The van der Waals surface area contributed by atoms with Crippen LogP contribution >= 0.6 is 11.6 Å². The molecule has 0 aliphatic heterocycles. The molecule has 13 heteroatoms. The highest BCUT2D eigenvalue weighted by atomic mass is 35.5. The molecule has 0 aliphatic rings. The maximum Gasteiger partial charge on any atom is 0.238 e. The lowest BCUT2D eigenvalue weighted by Gasteiger charge is -2.12. The summed E-state index contributed by atoms with van der Waals surface area (Å²) in [6.07, 6.45) is 0.609. The Morgan fingerprint density at radius 1 is 1.19 bits per heavy atom. The fraction of sp³-hybridized carbons (Fsp3) is 0.0526. The van der Waals surface area contributed by atoms with Crippen LogP contribution < -0.4 is 21.1 Å². The smallest absolute Gasteiger partial charge is 0.238 e. The molecule has 1 heterocycles. The maximum absolute atomic E-state index is 14.2. The number of rotatable bonds is 7. The van der Waals surface area contributed by atoms with E-state index >= 15 is 0 Å². The van der Waals surface area contributed by atoms with Gasteiger partial charge in [0.1, 0.15) is 6.42 Å². The van der Waals surface area contributed by atoms with Crippen LogP contribution in [0.3, 0.4) is 0 Å². The summed E-state index contributed by atoms with van der Waals surface area (Å²) in [4.78, 5) is 19.3. The zero-order valence-electron chi connectivity index (χ0n) is 16.1. The molecule has 3 rings (SSSR count). The average molecular weight is 476 g/mol. The number of nitrogens with zero attached hydrogens (tertiary/aromatic N) is 3. The lowest BCUT2D eigenvalue weighted by Crippen LogP contribution is -2.12. The Hall–Kier alpha value is -3.79. The summed E-state index contributed by atoms with van der Waals surface area (Å²) in [6.45, 7) is 0. The molecule has 164 valence electrons. The molecule has 0 saturated heterocycles. The molecule has 0 unspecified atom stereocenters. The van der Waals surface area contributed by atoms with Gasteiger partial charge in [-0.2, -0.15) is 10.2 Å². The SMILES string of the molecule is N#CCC(=O)Nc1ccc(Nc2nc(Nc3cccc(S(N)(=O)=O)c3)ncc2F)cc1Cl. The minimum Gasteiger partial charge on any atom is -0.338 e. The summed E-state index contributed by atoms with van der Waals surface area (Å²) >= 11 is 6.13. The normalized spacial score (nSPS) is 10.8. The summed E-state index contributed by atoms with van der Waals surface area (Å²) in [5, 5.41) is 21.8. The summed E-state index contributed by atoms with van der Waals surface area (Å²) in [5.74, 6) is -1.45. The second-order valence-corrected chi connectivity index (χ2v) is 8.26. The number of hydrogen-bond acceptors (Lipinski definition) is 8. The van der Waals surface area contributed by atoms with Crippen molar-refractivity contribution in [3.05, 3.63) is 59.5 Å². The number of benzene rings is 2. The van der Waals surface area contributed by atoms with Gasteiger partial charge in [-0.3, -0.25) is 4.79 Å². The molecule has 0 aliphatic carbocycles. The van der Waals surface area contributed by atoms with Crippen molar-refractivity contribution < 1.29 is 17.6 Å². The highest BCUT2D eigenvalue weighted by Crippen LogP contribution is 2.28. The average Bonchev–Trinajstić information content (AvgIpc) is 2.72. The van der Waals surface area contributed by atoms with E-state index in [9.17, 15) is 17.6 Å². The van der Waals surface area contributed by atoms with Crippen molar-refractivity contribution in [2.24, 2.45) is 5.14 Å². The molecule has 0 fully saturated rings. The molecule has 0 saturated carbocycles. The Bertz CT molecular complexity index is 1330. The van der Waals surface area contributed by atoms with E-state index in [1.807, 2.05) is 0 Å². The highest BCUT2D eigenvalue weighted by molar-refractivity contribution is 7.89. The Morgan fingerprint density at radius 3 is 2.62 bits per heavy atom. The minimum absolute atomic E-state index is 0.00745. The van der Waals surface area contributed by atoms with Crippen molar-refractivity contribution in [2.75, 3.05) is 16.0 Å². The van der Waals surface area contributed by atoms with E-state index in [2.05, 4.69) is 25.9 Å². The van der Waals surface area contributed by atoms with Gasteiger partial charge in [-0.05, 0) is 36.4 Å². The molecule has 5 N–H and O–H groups in total. The topological polar surface area (TPSA) is 163 Å². The second kappa shape index (κ2) is 9.56. The maximum atomic E-state index is 14.2. The van der Waals surface area contributed by atoms with Crippen molar-refractivity contribution in [1.82, 2.24) is 9.97 Å². The summed E-state index contributed by atoms with van der Waals surface area (Å²) in [6, 6.07) is 11.8. The van der Waals surface area contributed by atoms with Crippen molar-refractivity contribution in [2.45, 2.75) is 11.3 Å². The Kier molecular flexibility index (Phi) is 6.84. The summed E-state index contributed by atoms with van der Waals surface area (Å²) < 4.78 is 37.2. The van der Waals surface area contributed by atoms with Gasteiger partial charge in [0.25, 0.3) is 0 Å². The highest BCUT2D eigenvalue weighted by Gasteiger charge is 2.12. The van der Waals surface area contributed by atoms with Crippen molar-refractivity contribution in [3.63, 3.8) is 0 Å². The fourth-order valence-electron chi connectivity index (χ4n) is 2.49. The van der Waals surface area contributed by atoms with Crippen LogP contribution in [0.5, 0.6) is 0 Å². The molecule has 1 amide bonds. The van der Waals surface area contributed by atoms with Crippen LogP contribution in [0.25, 0.3) is 0 Å². The predicted molar refractivity (Wildman–Crippen MR) is 117 cm³/mol. The molecule has 0 spiro atoms. The number of nitrogens with two attached hydrogens (primary N) is 1. The van der Waals surface area contributed by atoms with Gasteiger partial charge in [0.05, 0.1) is 27.9 Å². The second-order valence-electron chi connectivity index (χ2n) is 6.29. The third-order valence-electron chi connectivity index (χ3n) is 3.91. The molecule has 1 aromatic heterocycles. The van der Waals surface area contributed by atoms with E-state index < -0.39 is 21.7 Å². The van der Waals surface area contributed by atoms with Gasteiger partial charge in [0.2, 0.25) is 21.9 Å². The number of primary sulfonamides is 1. The van der Waals surface area contributed by atoms with E-state index in [0.29, 0.717) is 11.4 Å². The lowest BCUT2D eigenvalue weighted by molar-refractivity contribution is -0.115. The molecule has 0 atom stereocenters. The van der Waals surface area contributed by atoms with Crippen molar-refractivity contribution in [1.29, 1.82) is 5.26 Å². The molecule has 10 nitrogen and oxygen atoms in total. The van der Waals surface area contributed by atoms with E-state index in [0.717, 1.165) is 6.20 Å². The Balaban J connectivity index is 1.79. The van der Waals surface area contributed by atoms with Gasteiger partial charge in [-0.15, -0.1) is 0 Å². The van der Waals surface area contributed by atoms with Gasteiger partial charge >= 0.3 is 0 Å². The fourth-order valence-corrected chi connectivity index (χ4v) is 3.28. The lowest BCUT2D eigenvalue weighted by atomic mass is 10.2. The Morgan fingerprint density at radius 2 is 1.94 bits per heavy atom. The Labute approximate surface area is 187 Å². The van der Waals surface area contributed by atoms with Crippen LogP contribution in [0.15, 0.2) is 53.6 Å². The zero-order chi connectivity index (χ0) is 23.3. The zero-order valence-corrected chi connectivity index (χ0v) is 17.7. The molecule has 0 bridgehead atoms. The van der Waals surface area contributed by atoms with Crippen LogP contribution in [0.4, 0.5) is 33.2 Å². The van der Waals surface area contributed by atoms with Gasteiger partial charge in [-0.1, -0.05) is 17.7 Å². The molecule has 3 aromatic rings. The predicted octanol–water partition coefficient (Wildman–Crippen LogP) is 3.26. The summed E-state index contributed by atoms with van der Waals surface area (Å²) in [5.41, 5.74) is 0.986. The monoisotopic (exact) mass is 475 g/mol. The molecule has 32 heavy (non-hydrogen) atoms. The quantitative estimate of drug-likeness (QED) is 0.404. The molecular formula is C19H15ClFN7O3S. The number of nitriles is 1. The van der Waals surface area contributed by atoms with Crippen LogP contribution in [0, 0.1) is 17.1 Å². The number of hydrogen-bond donors (Lipinski definition) is 4. The van der Waals surface area contributed by atoms with Gasteiger partial charge in [-0.25, -0.2) is 22.9 Å². The van der Waals surface area contributed by atoms with Crippen molar-refractivity contribution in [3.8, 4) is 6.07 Å². The number of halogens is 2. The van der Waals surface area contributed by atoms with Gasteiger partial charge < -0.3 is 16.0 Å². The van der Waals surface area contributed by atoms with E-state index in [1.54, 1.807) is 12.1 Å². The first-order valence-electron chi connectivity index (χ1n) is 8.81. The summed E-state index contributed by atoms with van der Waals surface area (Å²) in [7, 11) is -3.90. The van der Waals surface area contributed by atoms with E-state index in [1.165, 1.54) is 36.4 Å². The van der Waals surface area contributed by atoms with Crippen LogP contribution in [0.2, 0.25) is 5.02 Å².